The van der Waals surface area contributed by atoms with Gasteiger partial charge < -0.3 is 20.5 Å². The van der Waals surface area contributed by atoms with Crippen LogP contribution in [0.5, 0.6) is 5.88 Å². The number of fused-ring (bicyclic) bond motifs is 3. The maximum atomic E-state index is 11.2. The van der Waals surface area contributed by atoms with Gasteiger partial charge in [-0.1, -0.05) is 6.07 Å². The van der Waals surface area contributed by atoms with Crippen molar-refractivity contribution in [1.82, 2.24) is 14.9 Å². The van der Waals surface area contributed by atoms with Crippen LogP contribution in [0.15, 0.2) is 24.5 Å². The number of nitrogens with two attached hydrogens (primary N) is 1. The highest BCUT2D eigenvalue weighted by atomic mass is 32.1. The van der Waals surface area contributed by atoms with Crippen molar-refractivity contribution in [3.05, 3.63) is 30.1 Å². The molecule has 3 N–H and O–H groups in total. The topological polar surface area (TPSA) is 102 Å². The molecule has 2 heterocycles. The normalized spacial score (nSPS) is 21.0. The minimum atomic E-state index is -1.20. The van der Waals surface area contributed by atoms with Gasteiger partial charge >= 0.3 is 0 Å². The molecule has 7 nitrogen and oxygen atoms in total. The number of benzene rings is 1. The van der Waals surface area contributed by atoms with Crippen molar-refractivity contribution >= 4 is 37.5 Å². The molecule has 0 spiro atoms. The van der Waals surface area contributed by atoms with E-state index in [0.717, 1.165) is 51.5 Å². The molecule has 8 heteroatoms. The number of aliphatic hydroxyl groups is 1. The predicted octanol–water partition coefficient (Wildman–Crippen LogP) is 2.48. The molecule has 0 unspecified atom stereocenters. The molecule has 1 aliphatic rings. The molecule has 2 aromatic heterocycles. The number of carbonyl (C=O) groups is 1. The summed E-state index contributed by atoms with van der Waals surface area (Å²) in [5, 5.41) is 11.7. The van der Waals surface area contributed by atoms with Crippen LogP contribution >= 0.6 is 11.3 Å². The fraction of sp³-hybridized carbons (Fsp3) is 0.476. The Kier molecular flexibility index (Phi) is 5.67. The van der Waals surface area contributed by atoms with Crippen LogP contribution in [0.4, 0.5) is 0 Å². The van der Waals surface area contributed by atoms with Gasteiger partial charge in [0, 0.05) is 22.5 Å². The zero-order chi connectivity index (χ0) is 20.5. The number of amides is 1. The van der Waals surface area contributed by atoms with Crippen LogP contribution in [-0.2, 0) is 11.2 Å². The highest BCUT2D eigenvalue weighted by Crippen LogP contribution is 2.38. The first-order valence-electron chi connectivity index (χ1n) is 9.89. The van der Waals surface area contributed by atoms with Crippen LogP contribution < -0.4 is 10.5 Å². The number of hydrogen-bond donors (Lipinski definition) is 2. The monoisotopic (exact) mass is 414 g/mol. The Hall–Kier alpha value is -2.29. The summed E-state index contributed by atoms with van der Waals surface area (Å²) in [6, 6.07) is 6.47. The van der Waals surface area contributed by atoms with Crippen LogP contribution in [0, 0.1) is 0 Å². The van der Waals surface area contributed by atoms with E-state index in [2.05, 4.69) is 29.0 Å². The third-order valence-corrected chi connectivity index (χ3v) is 6.79. The second-order valence-corrected chi connectivity index (χ2v) is 8.96. The number of aliphatic hydroxyl groups excluding tert-OH is 1. The molecule has 0 radical (unpaired) electrons. The van der Waals surface area contributed by atoms with Crippen molar-refractivity contribution in [1.29, 1.82) is 0 Å². The van der Waals surface area contributed by atoms with Gasteiger partial charge in [0.2, 0.25) is 11.8 Å². The van der Waals surface area contributed by atoms with Crippen molar-refractivity contribution in [3.63, 3.8) is 0 Å². The maximum Gasteiger partial charge on any atom is 0.246 e. The molecule has 0 aliphatic heterocycles. The van der Waals surface area contributed by atoms with Gasteiger partial charge in [0.1, 0.15) is 23.4 Å². The molecule has 1 aromatic carbocycles. The van der Waals surface area contributed by atoms with Gasteiger partial charge in [-0.15, -0.1) is 11.3 Å². The van der Waals surface area contributed by atoms with E-state index in [-0.39, 0.29) is 12.5 Å². The minimum Gasteiger partial charge on any atom is -0.474 e. The van der Waals surface area contributed by atoms with Crippen molar-refractivity contribution in [2.75, 3.05) is 14.1 Å². The molecule has 1 fully saturated rings. The predicted molar refractivity (Wildman–Crippen MR) is 114 cm³/mol. The Balaban J connectivity index is 1.63. The van der Waals surface area contributed by atoms with Crippen LogP contribution in [0.1, 0.15) is 31.2 Å². The lowest BCUT2D eigenvalue weighted by Gasteiger charge is -2.32. The van der Waals surface area contributed by atoms with Gasteiger partial charge in [-0.05, 0) is 57.5 Å². The summed E-state index contributed by atoms with van der Waals surface area (Å²) in [5.74, 6) is -0.108. The number of primary amides is 1. The fourth-order valence-electron chi connectivity index (χ4n) is 4.01. The standard InChI is InChI=1S/C21H26N4O3S/c1-25(2)13-4-6-14(7-5-13)28-20-18-15-9-12(10-16(26)19(22)27)3-8-17(15)29-21(18)24-11-23-20/h3,8-9,11,13-14,16,26H,4-7,10H2,1-2H3,(H2,22,27)/t13?,14?,16-/m1/s1. The minimum absolute atomic E-state index is 0.152. The van der Waals surface area contributed by atoms with Crippen LogP contribution in [-0.4, -0.2) is 58.2 Å². The molecular weight excluding hydrogens is 388 g/mol. The van der Waals surface area contributed by atoms with Crippen LogP contribution in [0.25, 0.3) is 20.3 Å². The first kappa shape index (κ1) is 20.0. The molecule has 0 bridgehead atoms. The van der Waals surface area contributed by atoms with E-state index < -0.39 is 12.0 Å². The Labute approximate surface area is 173 Å². The summed E-state index contributed by atoms with van der Waals surface area (Å²) in [5.41, 5.74) is 6.03. The van der Waals surface area contributed by atoms with E-state index in [0.29, 0.717) is 11.9 Å². The molecular formula is C21H26N4O3S. The Morgan fingerprint density at radius 2 is 2.07 bits per heavy atom. The highest BCUT2D eigenvalue weighted by molar-refractivity contribution is 7.25. The molecule has 1 saturated carbocycles. The number of ether oxygens (including phenoxy) is 1. The molecule has 3 aromatic rings. The number of nitrogens with zero attached hydrogens (tertiary/aromatic N) is 3. The quantitative estimate of drug-likeness (QED) is 0.643. The summed E-state index contributed by atoms with van der Waals surface area (Å²) >= 11 is 1.58. The van der Waals surface area contributed by atoms with Crippen molar-refractivity contribution in [2.24, 2.45) is 5.73 Å². The zero-order valence-corrected chi connectivity index (χ0v) is 17.5. The zero-order valence-electron chi connectivity index (χ0n) is 16.7. The Bertz CT molecular complexity index is 1030. The largest absolute Gasteiger partial charge is 0.474 e. The summed E-state index contributed by atoms with van der Waals surface area (Å²) in [7, 11) is 4.26. The fourth-order valence-corrected chi connectivity index (χ4v) is 5.02. The summed E-state index contributed by atoms with van der Waals surface area (Å²) < 4.78 is 7.40. The lowest BCUT2D eigenvalue weighted by molar-refractivity contribution is -0.125. The SMILES string of the molecule is CN(C)C1CCC(Oc2ncnc3sc4ccc(C[C@@H](O)C(N)=O)cc4c23)CC1. The van der Waals surface area contributed by atoms with Gasteiger partial charge in [0.15, 0.2) is 0 Å². The maximum absolute atomic E-state index is 11.2. The lowest BCUT2D eigenvalue weighted by atomic mass is 9.92. The molecule has 1 atom stereocenters. The second kappa shape index (κ2) is 8.22. The average molecular weight is 415 g/mol. The summed E-state index contributed by atoms with van der Waals surface area (Å²) in [6.45, 7) is 0. The Morgan fingerprint density at radius 1 is 1.31 bits per heavy atom. The van der Waals surface area contributed by atoms with E-state index in [1.54, 1.807) is 17.7 Å². The van der Waals surface area contributed by atoms with E-state index >= 15 is 0 Å². The molecule has 154 valence electrons. The highest BCUT2D eigenvalue weighted by Gasteiger charge is 2.25. The van der Waals surface area contributed by atoms with E-state index in [1.165, 1.54) is 0 Å². The third kappa shape index (κ3) is 4.19. The van der Waals surface area contributed by atoms with Gasteiger partial charge in [-0.25, -0.2) is 9.97 Å². The van der Waals surface area contributed by atoms with Gasteiger partial charge in [-0.2, -0.15) is 0 Å². The number of hydrogen-bond acceptors (Lipinski definition) is 7. The molecule has 1 aliphatic carbocycles. The van der Waals surface area contributed by atoms with Gasteiger partial charge in [0.25, 0.3) is 0 Å². The van der Waals surface area contributed by atoms with Crippen LogP contribution in [0.3, 0.4) is 0 Å². The second-order valence-electron chi connectivity index (χ2n) is 7.93. The number of thiophene rings is 1. The average Bonchev–Trinajstić information content (AvgIpc) is 3.07. The van der Waals surface area contributed by atoms with Crippen molar-refractivity contribution in [3.8, 4) is 5.88 Å². The van der Waals surface area contributed by atoms with Crippen molar-refractivity contribution in [2.45, 2.75) is 50.4 Å². The number of carbonyl (C=O) groups excluding carboxylic acids is 1. The number of rotatable bonds is 6. The molecule has 1 amide bonds. The van der Waals surface area contributed by atoms with Crippen molar-refractivity contribution < 1.29 is 14.6 Å². The molecule has 29 heavy (non-hydrogen) atoms. The number of aromatic nitrogens is 2. The first-order valence-corrected chi connectivity index (χ1v) is 10.7. The van der Waals surface area contributed by atoms with Crippen LogP contribution in [0.2, 0.25) is 0 Å². The van der Waals surface area contributed by atoms with Gasteiger partial charge in [0.05, 0.1) is 5.39 Å². The Morgan fingerprint density at radius 3 is 2.76 bits per heavy atom. The van der Waals surface area contributed by atoms with E-state index in [4.69, 9.17) is 10.5 Å². The smallest absolute Gasteiger partial charge is 0.246 e. The van der Waals surface area contributed by atoms with E-state index in [9.17, 15) is 9.90 Å². The molecule has 4 rings (SSSR count). The lowest BCUT2D eigenvalue weighted by Crippen LogP contribution is -2.35. The van der Waals surface area contributed by atoms with Gasteiger partial charge in [-0.3, -0.25) is 4.79 Å². The third-order valence-electron chi connectivity index (χ3n) is 5.71. The molecule has 0 saturated heterocycles. The summed E-state index contributed by atoms with van der Waals surface area (Å²) in [6.07, 6.45) is 4.93. The van der Waals surface area contributed by atoms with E-state index in [1.807, 2.05) is 18.2 Å². The first-order chi connectivity index (χ1) is 13.9. The summed E-state index contributed by atoms with van der Waals surface area (Å²) in [4.78, 5) is 23.2.